The Morgan fingerprint density at radius 3 is 2.59 bits per heavy atom. The van der Waals surface area contributed by atoms with Crippen LogP contribution in [0.5, 0.6) is 0 Å². The van der Waals surface area contributed by atoms with Gasteiger partial charge >= 0.3 is 0 Å². The number of amides is 1. The molecule has 0 spiro atoms. The molecule has 0 radical (unpaired) electrons. The molecule has 2 aliphatic heterocycles. The summed E-state index contributed by atoms with van der Waals surface area (Å²) in [6.45, 7) is 3.99. The average molecular weight is 435 g/mol. The summed E-state index contributed by atoms with van der Waals surface area (Å²) >= 11 is 0. The van der Waals surface area contributed by atoms with Crippen LogP contribution in [0.2, 0.25) is 0 Å². The molecule has 0 N–H and O–H groups in total. The monoisotopic (exact) mass is 434 g/mol. The summed E-state index contributed by atoms with van der Waals surface area (Å²) in [5.41, 5.74) is 1.71. The maximum absolute atomic E-state index is 12.8. The van der Waals surface area contributed by atoms with Crippen LogP contribution in [0.15, 0.2) is 48.7 Å². The number of nitrogens with zero attached hydrogens (tertiary/aromatic N) is 4. The van der Waals surface area contributed by atoms with E-state index in [-0.39, 0.29) is 18.1 Å². The summed E-state index contributed by atoms with van der Waals surface area (Å²) in [6.07, 6.45) is 5.03. The Bertz CT molecular complexity index is 905. The van der Waals surface area contributed by atoms with Gasteiger partial charge < -0.3 is 19.3 Å². The predicted molar refractivity (Wildman–Crippen MR) is 121 cm³/mol. The first kappa shape index (κ1) is 22.3. The Morgan fingerprint density at radius 2 is 1.88 bits per heavy atom. The lowest BCUT2D eigenvalue weighted by Crippen LogP contribution is -2.50. The summed E-state index contributed by atoms with van der Waals surface area (Å²) in [5, 5.41) is 8.91. The van der Waals surface area contributed by atoms with Crippen LogP contribution in [0.3, 0.4) is 0 Å². The van der Waals surface area contributed by atoms with Crippen molar-refractivity contribution < 1.29 is 14.3 Å². The lowest BCUT2D eigenvalue weighted by molar-refractivity contribution is -0.140. The number of carbonyl (C=O) groups excluding carboxylic acids is 1. The van der Waals surface area contributed by atoms with E-state index in [0.29, 0.717) is 38.3 Å². The number of ether oxygens (including phenoxy) is 2. The third-order valence-corrected chi connectivity index (χ3v) is 6.09. The zero-order chi connectivity index (χ0) is 22.2. The number of nitriles is 1. The first-order valence-corrected chi connectivity index (χ1v) is 11.4. The van der Waals surface area contributed by atoms with Gasteiger partial charge in [-0.25, -0.2) is 4.98 Å². The van der Waals surface area contributed by atoms with Crippen LogP contribution in [0.25, 0.3) is 0 Å². The smallest absolute Gasteiger partial charge is 0.225 e. The topological polar surface area (TPSA) is 78.7 Å². The van der Waals surface area contributed by atoms with Gasteiger partial charge in [-0.05, 0) is 37.0 Å². The van der Waals surface area contributed by atoms with Crippen molar-refractivity contribution in [2.45, 2.75) is 44.5 Å². The molecule has 2 atom stereocenters. The molecule has 1 aromatic heterocycles. The van der Waals surface area contributed by atoms with Gasteiger partial charge in [0.05, 0.1) is 37.4 Å². The SMILES string of the molecule is N#Cc1ccc(N2CCN(C(=O)CC3CCCC(COCc4ccccc4)O3)CC2)nc1. The number of piperazine rings is 1. The molecular weight excluding hydrogens is 404 g/mol. The van der Waals surface area contributed by atoms with Gasteiger partial charge in [-0.3, -0.25) is 4.79 Å². The first-order chi connectivity index (χ1) is 15.7. The Morgan fingerprint density at radius 1 is 1.09 bits per heavy atom. The molecule has 32 heavy (non-hydrogen) atoms. The van der Waals surface area contributed by atoms with Crippen molar-refractivity contribution in [3.05, 3.63) is 59.8 Å². The zero-order valence-electron chi connectivity index (χ0n) is 18.4. The van der Waals surface area contributed by atoms with Gasteiger partial charge in [-0.15, -0.1) is 0 Å². The van der Waals surface area contributed by atoms with E-state index in [1.165, 1.54) is 0 Å². The van der Waals surface area contributed by atoms with Crippen molar-refractivity contribution in [3.63, 3.8) is 0 Å². The van der Waals surface area contributed by atoms with E-state index >= 15 is 0 Å². The second kappa shape index (κ2) is 11.1. The number of anilines is 1. The summed E-state index contributed by atoms with van der Waals surface area (Å²) < 4.78 is 12.0. The third kappa shape index (κ3) is 6.06. The lowest BCUT2D eigenvalue weighted by atomic mass is 10.0. The first-order valence-electron chi connectivity index (χ1n) is 11.4. The fraction of sp³-hybridized carbons (Fsp3) is 0.480. The standard InChI is InChI=1S/C25H30N4O3/c26-16-21-9-10-24(27-17-21)28-11-13-29(14-12-28)25(30)15-22-7-4-8-23(32-22)19-31-18-20-5-2-1-3-6-20/h1-3,5-6,9-10,17,22-23H,4,7-8,11-15,18-19H2. The highest BCUT2D eigenvalue weighted by Crippen LogP contribution is 2.23. The fourth-order valence-electron chi connectivity index (χ4n) is 4.28. The second-order valence-corrected chi connectivity index (χ2v) is 8.40. The number of pyridine rings is 1. The summed E-state index contributed by atoms with van der Waals surface area (Å²) in [5.74, 6) is 1.01. The quantitative estimate of drug-likeness (QED) is 0.666. The van der Waals surface area contributed by atoms with Gasteiger partial charge in [0.25, 0.3) is 0 Å². The van der Waals surface area contributed by atoms with E-state index < -0.39 is 0 Å². The van der Waals surface area contributed by atoms with Crippen molar-refractivity contribution in [2.24, 2.45) is 0 Å². The van der Waals surface area contributed by atoms with Crippen molar-refractivity contribution >= 4 is 11.7 Å². The second-order valence-electron chi connectivity index (χ2n) is 8.40. The molecule has 7 nitrogen and oxygen atoms in total. The number of rotatable bonds is 7. The van der Waals surface area contributed by atoms with Crippen LogP contribution in [-0.4, -0.2) is 60.8 Å². The maximum Gasteiger partial charge on any atom is 0.225 e. The normalized spacial score (nSPS) is 21.2. The molecule has 0 bridgehead atoms. The average Bonchev–Trinajstić information content (AvgIpc) is 2.85. The fourth-order valence-corrected chi connectivity index (χ4v) is 4.28. The highest BCUT2D eigenvalue weighted by atomic mass is 16.5. The summed E-state index contributed by atoms with van der Waals surface area (Å²) in [6, 6.07) is 15.9. The molecule has 3 heterocycles. The molecule has 1 amide bonds. The van der Waals surface area contributed by atoms with Gasteiger partial charge in [-0.2, -0.15) is 5.26 Å². The van der Waals surface area contributed by atoms with Crippen LogP contribution in [0.4, 0.5) is 5.82 Å². The van der Waals surface area contributed by atoms with Crippen LogP contribution < -0.4 is 4.90 Å². The van der Waals surface area contributed by atoms with E-state index in [0.717, 1.165) is 43.7 Å². The Balaban J connectivity index is 1.18. The van der Waals surface area contributed by atoms with Crippen molar-refractivity contribution in [1.29, 1.82) is 5.26 Å². The van der Waals surface area contributed by atoms with Crippen LogP contribution >= 0.6 is 0 Å². The summed E-state index contributed by atoms with van der Waals surface area (Å²) in [7, 11) is 0. The molecule has 1 aromatic carbocycles. The Labute approximate surface area is 189 Å². The number of carbonyl (C=O) groups is 1. The largest absolute Gasteiger partial charge is 0.374 e. The minimum absolute atomic E-state index is 0.0280. The Hall–Kier alpha value is -2.95. The molecule has 0 saturated carbocycles. The molecule has 4 rings (SSSR count). The Kier molecular flexibility index (Phi) is 7.70. The van der Waals surface area contributed by atoms with E-state index in [1.54, 1.807) is 12.3 Å². The van der Waals surface area contributed by atoms with Crippen molar-refractivity contribution in [1.82, 2.24) is 9.88 Å². The highest BCUT2D eigenvalue weighted by Gasteiger charge is 2.28. The third-order valence-electron chi connectivity index (χ3n) is 6.09. The van der Waals surface area contributed by atoms with Crippen LogP contribution in [-0.2, 0) is 20.9 Å². The minimum atomic E-state index is -0.0280. The molecule has 0 aliphatic carbocycles. The molecule has 2 aliphatic rings. The van der Waals surface area contributed by atoms with E-state index in [2.05, 4.69) is 28.1 Å². The van der Waals surface area contributed by atoms with Crippen LogP contribution in [0, 0.1) is 11.3 Å². The van der Waals surface area contributed by atoms with Crippen LogP contribution in [0.1, 0.15) is 36.8 Å². The number of hydrogen-bond donors (Lipinski definition) is 0. The van der Waals surface area contributed by atoms with Gasteiger partial charge in [-0.1, -0.05) is 30.3 Å². The molecule has 2 fully saturated rings. The maximum atomic E-state index is 12.8. The van der Waals surface area contributed by atoms with Gasteiger partial charge in [0.1, 0.15) is 11.9 Å². The number of hydrogen-bond acceptors (Lipinski definition) is 6. The number of benzene rings is 1. The summed E-state index contributed by atoms with van der Waals surface area (Å²) in [4.78, 5) is 21.3. The van der Waals surface area contributed by atoms with E-state index in [4.69, 9.17) is 14.7 Å². The predicted octanol–water partition coefficient (Wildman–Crippen LogP) is 3.15. The molecule has 2 unspecified atom stereocenters. The zero-order valence-corrected chi connectivity index (χ0v) is 18.4. The lowest BCUT2D eigenvalue weighted by Gasteiger charge is -2.37. The highest BCUT2D eigenvalue weighted by molar-refractivity contribution is 5.77. The van der Waals surface area contributed by atoms with Gasteiger partial charge in [0.2, 0.25) is 5.91 Å². The molecule has 2 saturated heterocycles. The molecule has 7 heteroatoms. The van der Waals surface area contributed by atoms with Gasteiger partial charge in [0.15, 0.2) is 0 Å². The van der Waals surface area contributed by atoms with Crippen molar-refractivity contribution in [2.75, 3.05) is 37.7 Å². The molecule has 2 aromatic rings. The number of aromatic nitrogens is 1. The van der Waals surface area contributed by atoms with Gasteiger partial charge in [0, 0.05) is 32.4 Å². The minimum Gasteiger partial charge on any atom is -0.374 e. The van der Waals surface area contributed by atoms with E-state index in [9.17, 15) is 4.79 Å². The van der Waals surface area contributed by atoms with Crippen molar-refractivity contribution in [3.8, 4) is 6.07 Å². The van der Waals surface area contributed by atoms with E-state index in [1.807, 2.05) is 29.2 Å². The molecular formula is C25H30N4O3. The molecule has 168 valence electrons.